The summed E-state index contributed by atoms with van der Waals surface area (Å²) in [6.45, 7) is 6.57. The zero-order valence-electron chi connectivity index (χ0n) is 13.1. The molecule has 0 unspecified atom stereocenters. The Labute approximate surface area is 124 Å². The van der Waals surface area contributed by atoms with Gasteiger partial charge in [0, 0.05) is 0 Å². The van der Waals surface area contributed by atoms with E-state index in [2.05, 4.69) is 30.9 Å². The molecule has 0 saturated heterocycles. The molecule has 1 aromatic carbocycles. The lowest BCUT2D eigenvalue weighted by molar-refractivity contribution is 0.354. The molecular formula is C15H21N3O3. The average Bonchev–Trinajstić information content (AvgIpc) is 2.93. The summed E-state index contributed by atoms with van der Waals surface area (Å²) in [5.41, 5.74) is 7.29. The maximum atomic E-state index is 5.51. The molecule has 6 heteroatoms. The molecule has 0 spiro atoms. The van der Waals surface area contributed by atoms with Crippen LogP contribution >= 0.6 is 0 Å². The highest BCUT2D eigenvalue weighted by Crippen LogP contribution is 2.40. The first-order valence-corrected chi connectivity index (χ1v) is 6.70. The molecule has 6 nitrogen and oxygen atoms in total. The van der Waals surface area contributed by atoms with Gasteiger partial charge in [-0.05, 0) is 23.1 Å². The molecule has 0 radical (unpaired) electrons. The van der Waals surface area contributed by atoms with Crippen molar-refractivity contribution in [1.29, 1.82) is 0 Å². The van der Waals surface area contributed by atoms with Crippen molar-refractivity contribution >= 4 is 0 Å². The minimum Gasteiger partial charge on any atom is -0.493 e. The molecule has 2 N–H and O–H groups in total. The predicted octanol–water partition coefficient (Wildman–Crippen LogP) is 2.51. The second-order valence-electron chi connectivity index (χ2n) is 5.73. The fourth-order valence-corrected chi connectivity index (χ4v) is 2.01. The van der Waals surface area contributed by atoms with Crippen molar-refractivity contribution in [3.05, 3.63) is 23.6 Å². The number of benzene rings is 1. The highest BCUT2D eigenvalue weighted by molar-refractivity contribution is 5.70. The summed E-state index contributed by atoms with van der Waals surface area (Å²) in [4.78, 5) is 4.27. The van der Waals surface area contributed by atoms with Crippen LogP contribution in [-0.4, -0.2) is 24.4 Å². The number of nitrogens with zero attached hydrogens (tertiary/aromatic N) is 2. The molecule has 0 aliphatic heterocycles. The van der Waals surface area contributed by atoms with Gasteiger partial charge in [-0.2, -0.15) is 4.98 Å². The molecule has 0 atom stereocenters. The SMILES string of the molecule is COc1cc(C(C)(C)C)cc(-c2noc(CN)n2)c1OC. The molecule has 21 heavy (non-hydrogen) atoms. The van der Waals surface area contributed by atoms with Crippen molar-refractivity contribution in [3.63, 3.8) is 0 Å². The number of rotatable bonds is 4. The van der Waals surface area contributed by atoms with Gasteiger partial charge >= 0.3 is 0 Å². The van der Waals surface area contributed by atoms with E-state index in [1.807, 2.05) is 12.1 Å². The third kappa shape index (κ3) is 3.00. The van der Waals surface area contributed by atoms with E-state index in [1.165, 1.54) is 0 Å². The van der Waals surface area contributed by atoms with Gasteiger partial charge in [0.1, 0.15) is 0 Å². The molecule has 1 aromatic heterocycles. The third-order valence-corrected chi connectivity index (χ3v) is 3.23. The average molecular weight is 291 g/mol. The molecule has 0 bridgehead atoms. The van der Waals surface area contributed by atoms with Gasteiger partial charge in [0.2, 0.25) is 11.7 Å². The normalized spacial score (nSPS) is 11.5. The summed E-state index contributed by atoms with van der Waals surface area (Å²) < 4.78 is 16.0. The van der Waals surface area contributed by atoms with Crippen LogP contribution in [-0.2, 0) is 12.0 Å². The second-order valence-corrected chi connectivity index (χ2v) is 5.73. The minimum atomic E-state index is -0.0469. The second kappa shape index (κ2) is 5.73. The molecule has 0 amide bonds. The first-order chi connectivity index (χ1) is 9.90. The Morgan fingerprint density at radius 3 is 2.38 bits per heavy atom. The van der Waals surface area contributed by atoms with E-state index in [9.17, 15) is 0 Å². The van der Waals surface area contributed by atoms with Crippen LogP contribution in [0, 0.1) is 0 Å². The van der Waals surface area contributed by atoms with Crippen molar-refractivity contribution in [3.8, 4) is 22.9 Å². The van der Waals surface area contributed by atoms with E-state index < -0.39 is 0 Å². The Bertz CT molecular complexity index is 630. The van der Waals surface area contributed by atoms with Crippen LogP contribution in [0.25, 0.3) is 11.4 Å². The first-order valence-electron chi connectivity index (χ1n) is 6.70. The van der Waals surface area contributed by atoms with Gasteiger partial charge in [-0.25, -0.2) is 0 Å². The van der Waals surface area contributed by atoms with Crippen LogP contribution in [0.4, 0.5) is 0 Å². The summed E-state index contributed by atoms with van der Waals surface area (Å²) in [6, 6.07) is 3.96. The first kappa shape index (κ1) is 15.3. The minimum absolute atomic E-state index is 0.0469. The van der Waals surface area contributed by atoms with Crippen LogP contribution in [0.5, 0.6) is 11.5 Å². The van der Waals surface area contributed by atoms with Gasteiger partial charge in [0.05, 0.1) is 26.3 Å². The summed E-state index contributed by atoms with van der Waals surface area (Å²) in [6.07, 6.45) is 0. The largest absolute Gasteiger partial charge is 0.493 e. The smallest absolute Gasteiger partial charge is 0.240 e. The molecule has 2 rings (SSSR count). The van der Waals surface area contributed by atoms with Gasteiger partial charge < -0.3 is 19.7 Å². The van der Waals surface area contributed by atoms with E-state index in [0.29, 0.717) is 23.2 Å². The van der Waals surface area contributed by atoms with Crippen molar-refractivity contribution in [2.75, 3.05) is 14.2 Å². The Morgan fingerprint density at radius 1 is 1.19 bits per heavy atom. The number of hydrogen-bond donors (Lipinski definition) is 1. The van der Waals surface area contributed by atoms with Crippen LogP contribution in [0.15, 0.2) is 16.7 Å². The lowest BCUT2D eigenvalue weighted by Gasteiger charge is -2.22. The summed E-state index contributed by atoms with van der Waals surface area (Å²) in [7, 11) is 3.19. The number of nitrogens with two attached hydrogens (primary N) is 1. The van der Waals surface area contributed by atoms with Crippen LogP contribution < -0.4 is 15.2 Å². The van der Waals surface area contributed by atoms with Gasteiger partial charge in [0.15, 0.2) is 11.5 Å². The van der Waals surface area contributed by atoms with E-state index in [4.69, 9.17) is 19.7 Å². The van der Waals surface area contributed by atoms with E-state index in [1.54, 1.807) is 14.2 Å². The fourth-order valence-electron chi connectivity index (χ4n) is 2.01. The van der Waals surface area contributed by atoms with Gasteiger partial charge in [0.25, 0.3) is 0 Å². The number of hydrogen-bond acceptors (Lipinski definition) is 6. The standard InChI is InChI=1S/C15H21N3O3/c1-15(2,3)9-6-10(13(20-5)11(7-9)19-4)14-17-12(8-16)21-18-14/h6-7H,8,16H2,1-5H3. The summed E-state index contributed by atoms with van der Waals surface area (Å²) >= 11 is 0. The maximum Gasteiger partial charge on any atom is 0.240 e. The molecular weight excluding hydrogens is 270 g/mol. The van der Waals surface area contributed by atoms with E-state index in [0.717, 1.165) is 11.1 Å². The molecule has 114 valence electrons. The van der Waals surface area contributed by atoms with Gasteiger partial charge in [-0.3, -0.25) is 0 Å². The van der Waals surface area contributed by atoms with E-state index >= 15 is 0 Å². The van der Waals surface area contributed by atoms with Crippen molar-refractivity contribution in [2.24, 2.45) is 5.73 Å². The lowest BCUT2D eigenvalue weighted by Crippen LogP contribution is -2.12. The van der Waals surface area contributed by atoms with Crippen molar-refractivity contribution < 1.29 is 14.0 Å². The highest BCUT2D eigenvalue weighted by atomic mass is 16.5. The topological polar surface area (TPSA) is 83.4 Å². The van der Waals surface area contributed by atoms with Gasteiger partial charge in [-0.1, -0.05) is 25.9 Å². The molecule has 0 aliphatic rings. The predicted molar refractivity (Wildman–Crippen MR) is 79.4 cm³/mol. The Kier molecular flexibility index (Phi) is 4.18. The molecule has 0 saturated carbocycles. The maximum absolute atomic E-state index is 5.51. The lowest BCUT2D eigenvalue weighted by atomic mass is 9.85. The Morgan fingerprint density at radius 2 is 1.90 bits per heavy atom. The van der Waals surface area contributed by atoms with Gasteiger partial charge in [-0.15, -0.1) is 0 Å². The zero-order valence-corrected chi connectivity index (χ0v) is 13.1. The van der Waals surface area contributed by atoms with Crippen LogP contribution in [0.3, 0.4) is 0 Å². The number of aromatic nitrogens is 2. The molecule has 0 aliphatic carbocycles. The Balaban J connectivity index is 2.66. The molecule has 2 aromatic rings. The quantitative estimate of drug-likeness (QED) is 0.931. The van der Waals surface area contributed by atoms with Crippen molar-refractivity contribution in [2.45, 2.75) is 32.7 Å². The monoisotopic (exact) mass is 291 g/mol. The third-order valence-electron chi connectivity index (χ3n) is 3.23. The number of ether oxygens (including phenoxy) is 2. The van der Waals surface area contributed by atoms with Crippen LogP contribution in [0.2, 0.25) is 0 Å². The molecule has 1 heterocycles. The zero-order chi connectivity index (χ0) is 15.6. The summed E-state index contributed by atoms with van der Waals surface area (Å²) in [5.74, 6) is 2.04. The number of methoxy groups -OCH3 is 2. The summed E-state index contributed by atoms with van der Waals surface area (Å²) in [5, 5.41) is 3.96. The molecule has 0 fully saturated rings. The fraction of sp³-hybridized carbons (Fsp3) is 0.467. The van der Waals surface area contributed by atoms with E-state index in [-0.39, 0.29) is 12.0 Å². The Hall–Kier alpha value is -2.08. The van der Waals surface area contributed by atoms with Crippen molar-refractivity contribution in [1.82, 2.24) is 10.1 Å². The highest BCUT2D eigenvalue weighted by Gasteiger charge is 2.23. The van der Waals surface area contributed by atoms with Crippen LogP contribution in [0.1, 0.15) is 32.2 Å².